The molecule has 1 aliphatic heterocycles. The molecule has 0 aliphatic carbocycles. The summed E-state index contributed by atoms with van der Waals surface area (Å²) in [5, 5.41) is 9.58. The second kappa shape index (κ2) is 6.42. The molecule has 2 aromatic carbocycles. The van der Waals surface area contributed by atoms with Gasteiger partial charge in [0.05, 0.1) is 0 Å². The number of carboxylic acids is 1. The van der Waals surface area contributed by atoms with Crippen molar-refractivity contribution in [2.24, 2.45) is 0 Å². The number of hydrogen-bond acceptors (Lipinski definition) is 3. The number of carboxylic acid groups (broad SMARTS) is 1. The fraction of sp³-hybridized carbons (Fsp3) is 0.316. The van der Waals surface area contributed by atoms with E-state index < -0.39 is 12.0 Å². The maximum atomic E-state index is 11.7. The minimum absolute atomic E-state index is 0.460. The smallest absolute Gasteiger partial charge is 0.321 e. The molecule has 4 nitrogen and oxygen atoms in total. The molecule has 0 fully saturated rings. The molecule has 1 N–H and O–H groups in total. The molecule has 120 valence electrons. The Kier molecular flexibility index (Phi) is 4.35. The summed E-state index contributed by atoms with van der Waals surface area (Å²) in [5.41, 5.74) is 4.67. The van der Waals surface area contributed by atoms with Gasteiger partial charge in [0.2, 0.25) is 0 Å². The average molecular weight is 310 g/mol. The van der Waals surface area contributed by atoms with Crippen LogP contribution in [-0.4, -0.2) is 36.1 Å². The van der Waals surface area contributed by atoms with Crippen molar-refractivity contribution in [3.8, 4) is 0 Å². The number of rotatable bonds is 4. The van der Waals surface area contributed by atoms with Gasteiger partial charge in [-0.05, 0) is 35.2 Å². The molecule has 3 rings (SSSR count). The van der Waals surface area contributed by atoms with Crippen LogP contribution >= 0.6 is 0 Å². The van der Waals surface area contributed by atoms with Gasteiger partial charge in [0, 0.05) is 32.9 Å². The van der Waals surface area contributed by atoms with Crippen molar-refractivity contribution in [3.05, 3.63) is 65.2 Å². The van der Waals surface area contributed by atoms with Gasteiger partial charge < -0.3 is 10.0 Å². The van der Waals surface area contributed by atoms with E-state index in [0.29, 0.717) is 19.5 Å². The Morgan fingerprint density at radius 1 is 1.13 bits per heavy atom. The molecule has 0 spiro atoms. The summed E-state index contributed by atoms with van der Waals surface area (Å²) in [5.74, 6) is -0.746. The number of benzene rings is 2. The predicted octanol–water partition coefficient (Wildman–Crippen LogP) is 2.76. The number of aliphatic carboxylic acids is 1. The quantitative estimate of drug-likeness (QED) is 0.943. The zero-order valence-corrected chi connectivity index (χ0v) is 13.6. The first-order valence-corrected chi connectivity index (χ1v) is 7.84. The Bertz CT molecular complexity index is 695. The largest absolute Gasteiger partial charge is 0.480 e. The van der Waals surface area contributed by atoms with Gasteiger partial charge in [0.1, 0.15) is 6.04 Å². The van der Waals surface area contributed by atoms with E-state index in [-0.39, 0.29) is 0 Å². The molecule has 2 aromatic rings. The molecule has 0 saturated heterocycles. The van der Waals surface area contributed by atoms with Crippen LogP contribution in [0.2, 0.25) is 0 Å². The third kappa shape index (κ3) is 3.37. The van der Waals surface area contributed by atoms with Crippen LogP contribution in [0.3, 0.4) is 0 Å². The fourth-order valence-electron chi connectivity index (χ4n) is 3.12. The van der Waals surface area contributed by atoms with Crippen molar-refractivity contribution >= 4 is 11.7 Å². The van der Waals surface area contributed by atoms with Crippen molar-refractivity contribution in [1.29, 1.82) is 0 Å². The van der Waals surface area contributed by atoms with E-state index >= 15 is 0 Å². The highest BCUT2D eigenvalue weighted by Gasteiger charge is 2.31. The van der Waals surface area contributed by atoms with Gasteiger partial charge in [-0.2, -0.15) is 0 Å². The maximum absolute atomic E-state index is 11.7. The fourth-order valence-corrected chi connectivity index (χ4v) is 3.12. The highest BCUT2D eigenvalue weighted by atomic mass is 16.4. The summed E-state index contributed by atoms with van der Waals surface area (Å²) in [7, 11) is 4.02. The molecule has 0 aromatic heterocycles. The summed E-state index contributed by atoms with van der Waals surface area (Å²) in [6, 6.07) is 16.0. The van der Waals surface area contributed by atoms with Crippen LogP contribution < -0.4 is 4.90 Å². The van der Waals surface area contributed by atoms with E-state index in [9.17, 15) is 9.90 Å². The summed E-state index contributed by atoms with van der Waals surface area (Å²) >= 11 is 0. The monoisotopic (exact) mass is 310 g/mol. The number of anilines is 1. The molecular formula is C19H22N2O2. The third-order valence-electron chi connectivity index (χ3n) is 4.47. The maximum Gasteiger partial charge on any atom is 0.321 e. The Morgan fingerprint density at radius 3 is 2.39 bits per heavy atom. The number of carbonyl (C=O) groups is 1. The zero-order chi connectivity index (χ0) is 16.4. The molecule has 0 saturated carbocycles. The van der Waals surface area contributed by atoms with Crippen molar-refractivity contribution in [1.82, 2.24) is 4.90 Å². The summed E-state index contributed by atoms with van der Waals surface area (Å²) in [4.78, 5) is 15.8. The molecule has 0 bridgehead atoms. The molecule has 0 unspecified atom stereocenters. The van der Waals surface area contributed by atoms with Crippen LogP contribution in [-0.2, 0) is 24.3 Å². The minimum Gasteiger partial charge on any atom is -0.480 e. The van der Waals surface area contributed by atoms with Gasteiger partial charge in [-0.25, -0.2) is 0 Å². The topological polar surface area (TPSA) is 43.8 Å². The lowest BCUT2D eigenvalue weighted by Crippen LogP contribution is -2.44. The second-order valence-electron chi connectivity index (χ2n) is 6.29. The van der Waals surface area contributed by atoms with E-state index in [2.05, 4.69) is 40.1 Å². The Balaban J connectivity index is 1.81. The Morgan fingerprint density at radius 2 is 1.78 bits per heavy atom. The van der Waals surface area contributed by atoms with Crippen LogP contribution in [0.25, 0.3) is 0 Å². The first kappa shape index (κ1) is 15.6. The number of fused-ring (bicyclic) bond motifs is 1. The number of hydrogen-bond donors (Lipinski definition) is 1. The van der Waals surface area contributed by atoms with E-state index in [0.717, 1.165) is 16.8 Å². The van der Waals surface area contributed by atoms with E-state index in [4.69, 9.17) is 0 Å². The lowest BCUT2D eigenvalue weighted by atomic mass is 9.93. The molecule has 1 heterocycles. The van der Waals surface area contributed by atoms with Gasteiger partial charge in [0.15, 0.2) is 0 Å². The van der Waals surface area contributed by atoms with Crippen LogP contribution in [0.1, 0.15) is 16.7 Å². The first-order valence-electron chi connectivity index (χ1n) is 7.84. The molecule has 4 heteroatoms. The van der Waals surface area contributed by atoms with Crippen molar-refractivity contribution in [2.75, 3.05) is 19.0 Å². The molecule has 23 heavy (non-hydrogen) atoms. The Hall–Kier alpha value is -2.33. The van der Waals surface area contributed by atoms with Crippen molar-refractivity contribution in [2.45, 2.75) is 25.6 Å². The number of nitrogens with zero attached hydrogens (tertiary/aromatic N) is 2. The minimum atomic E-state index is -0.746. The molecule has 1 aliphatic rings. The molecule has 1 atom stereocenters. The van der Waals surface area contributed by atoms with E-state index in [1.807, 2.05) is 32.3 Å². The normalized spacial score (nSPS) is 17.6. The van der Waals surface area contributed by atoms with Gasteiger partial charge in [-0.1, -0.05) is 36.4 Å². The van der Waals surface area contributed by atoms with Gasteiger partial charge >= 0.3 is 5.97 Å². The SMILES string of the molecule is CN(C)c1ccc(CN2Cc3ccccc3C[C@@H]2C(=O)O)cc1. The van der Waals surface area contributed by atoms with Crippen LogP contribution in [0.4, 0.5) is 5.69 Å². The average Bonchev–Trinajstić information content (AvgIpc) is 2.54. The van der Waals surface area contributed by atoms with Gasteiger partial charge in [-0.15, -0.1) is 0 Å². The summed E-state index contributed by atoms with van der Waals surface area (Å²) in [6.07, 6.45) is 0.571. The van der Waals surface area contributed by atoms with E-state index in [1.54, 1.807) is 0 Å². The highest BCUT2D eigenvalue weighted by molar-refractivity contribution is 5.74. The summed E-state index contributed by atoms with van der Waals surface area (Å²) < 4.78 is 0. The molecule has 0 radical (unpaired) electrons. The lowest BCUT2D eigenvalue weighted by molar-refractivity contribution is -0.144. The van der Waals surface area contributed by atoms with Gasteiger partial charge in [0.25, 0.3) is 0 Å². The predicted molar refractivity (Wildman–Crippen MR) is 91.6 cm³/mol. The standard InChI is InChI=1S/C19H22N2O2/c1-20(2)17-9-7-14(8-10-17)12-21-13-16-6-4-3-5-15(16)11-18(21)19(22)23/h3-10,18H,11-13H2,1-2H3,(H,22,23)/t18-/m1/s1. The van der Waals surface area contributed by atoms with Crippen LogP contribution in [0, 0.1) is 0 Å². The second-order valence-corrected chi connectivity index (χ2v) is 6.29. The molecular weight excluding hydrogens is 288 g/mol. The zero-order valence-electron chi connectivity index (χ0n) is 13.6. The van der Waals surface area contributed by atoms with Crippen LogP contribution in [0.15, 0.2) is 48.5 Å². The van der Waals surface area contributed by atoms with Crippen molar-refractivity contribution < 1.29 is 9.90 Å². The van der Waals surface area contributed by atoms with E-state index in [1.165, 1.54) is 5.56 Å². The first-order chi connectivity index (χ1) is 11.0. The van der Waals surface area contributed by atoms with Gasteiger partial charge in [-0.3, -0.25) is 9.69 Å². The summed E-state index contributed by atoms with van der Waals surface area (Å²) in [6.45, 7) is 1.33. The Labute approximate surface area is 137 Å². The van der Waals surface area contributed by atoms with Crippen molar-refractivity contribution in [3.63, 3.8) is 0 Å². The lowest BCUT2D eigenvalue weighted by Gasteiger charge is -2.34. The van der Waals surface area contributed by atoms with Crippen LogP contribution in [0.5, 0.6) is 0 Å². The molecule has 0 amide bonds. The third-order valence-corrected chi connectivity index (χ3v) is 4.47. The highest BCUT2D eigenvalue weighted by Crippen LogP contribution is 2.25.